The third kappa shape index (κ3) is 3.41. The number of aromatic nitrogens is 2. The quantitative estimate of drug-likeness (QED) is 0.729. The highest BCUT2D eigenvalue weighted by molar-refractivity contribution is 5.94. The lowest BCUT2D eigenvalue weighted by Crippen LogP contribution is -2.47. The van der Waals surface area contributed by atoms with Gasteiger partial charge in [-0.05, 0) is 58.1 Å². The van der Waals surface area contributed by atoms with Gasteiger partial charge in [-0.1, -0.05) is 30.3 Å². The Morgan fingerprint density at radius 1 is 1.17 bits per heavy atom. The van der Waals surface area contributed by atoms with Gasteiger partial charge in [0.15, 0.2) is 0 Å². The van der Waals surface area contributed by atoms with Crippen LogP contribution < -0.4 is 0 Å². The first-order valence-corrected chi connectivity index (χ1v) is 10.3. The van der Waals surface area contributed by atoms with Crippen LogP contribution >= 0.6 is 0 Å². The fourth-order valence-corrected chi connectivity index (χ4v) is 5.16. The molecule has 1 amide bonds. The minimum Gasteiger partial charge on any atom is -0.465 e. The van der Waals surface area contributed by atoms with E-state index in [9.17, 15) is 9.59 Å². The van der Waals surface area contributed by atoms with Crippen LogP contribution in [0.5, 0.6) is 0 Å². The zero-order valence-electron chi connectivity index (χ0n) is 17.2. The standard InChI is InChI=1S/C23H27N3O3/c1-4-29-22(28)23(13-17-8-6-5-7-9-17)14-18-10-11-20(23)26(18)21(27)19-12-15(2)24-16(3)25-19/h5-9,12,18,20H,4,10-11,13-14H2,1-3H3/t18-,20+,23+/m1/s1. The van der Waals surface area contributed by atoms with Crippen LogP contribution in [-0.4, -0.2) is 45.4 Å². The van der Waals surface area contributed by atoms with Crippen LogP contribution in [0.25, 0.3) is 0 Å². The van der Waals surface area contributed by atoms with Crippen molar-refractivity contribution in [3.05, 3.63) is 59.2 Å². The Morgan fingerprint density at radius 3 is 2.62 bits per heavy atom. The van der Waals surface area contributed by atoms with Crippen molar-refractivity contribution >= 4 is 11.9 Å². The fraction of sp³-hybridized carbons (Fsp3) is 0.478. The highest BCUT2D eigenvalue weighted by Gasteiger charge is 2.62. The third-order valence-electron chi connectivity index (χ3n) is 6.20. The predicted octanol–water partition coefficient (Wildman–Crippen LogP) is 3.26. The number of carbonyl (C=O) groups is 2. The second kappa shape index (κ2) is 7.58. The Morgan fingerprint density at radius 2 is 1.93 bits per heavy atom. The second-order valence-corrected chi connectivity index (χ2v) is 8.14. The summed E-state index contributed by atoms with van der Waals surface area (Å²) in [7, 11) is 0. The Labute approximate surface area is 171 Å². The molecule has 4 rings (SSSR count). The van der Waals surface area contributed by atoms with Gasteiger partial charge < -0.3 is 9.64 Å². The molecule has 2 bridgehead atoms. The van der Waals surface area contributed by atoms with E-state index in [1.165, 1.54) is 0 Å². The SMILES string of the molecule is CCOC(=O)[C@@]1(Cc2ccccc2)C[C@H]2CC[C@@H]1N2C(=O)c1cc(C)nc(C)n1. The first-order valence-electron chi connectivity index (χ1n) is 10.3. The van der Waals surface area contributed by atoms with E-state index in [0.717, 1.165) is 24.1 Å². The van der Waals surface area contributed by atoms with Crippen molar-refractivity contribution in [2.75, 3.05) is 6.61 Å². The first kappa shape index (κ1) is 19.6. The Bertz CT molecular complexity index is 910. The highest BCUT2D eigenvalue weighted by atomic mass is 16.5. The van der Waals surface area contributed by atoms with Crippen LogP contribution in [-0.2, 0) is 16.0 Å². The van der Waals surface area contributed by atoms with Gasteiger partial charge in [-0.15, -0.1) is 0 Å². The summed E-state index contributed by atoms with van der Waals surface area (Å²) in [5.74, 6) is 0.287. The van der Waals surface area contributed by atoms with Gasteiger partial charge in [-0.3, -0.25) is 9.59 Å². The lowest BCUT2D eigenvalue weighted by atomic mass is 9.70. The number of nitrogens with zero attached hydrogens (tertiary/aromatic N) is 3. The average Bonchev–Trinajstić information content (AvgIpc) is 3.24. The molecule has 6 nitrogen and oxygen atoms in total. The molecule has 0 spiro atoms. The molecule has 152 valence electrons. The largest absolute Gasteiger partial charge is 0.465 e. The molecule has 0 unspecified atom stereocenters. The maximum absolute atomic E-state index is 13.4. The van der Waals surface area contributed by atoms with E-state index in [-0.39, 0.29) is 24.0 Å². The summed E-state index contributed by atoms with van der Waals surface area (Å²) in [6.07, 6.45) is 2.94. The monoisotopic (exact) mass is 393 g/mol. The van der Waals surface area contributed by atoms with Gasteiger partial charge in [0.05, 0.1) is 12.0 Å². The normalized spacial score (nSPS) is 25.3. The first-order chi connectivity index (χ1) is 13.9. The molecule has 2 saturated heterocycles. The predicted molar refractivity (Wildman–Crippen MR) is 108 cm³/mol. The molecule has 3 heterocycles. The van der Waals surface area contributed by atoms with E-state index in [0.29, 0.717) is 31.0 Å². The summed E-state index contributed by atoms with van der Waals surface area (Å²) in [6.45, 7) is 5.82. The zero-order valence-corrected chi connectivity index (χ0v) is 17.2. The number of aryl methyl sites for hydroxylation is 2. The summed E-state index contributed by atoms with van der Waals surface area (Å²) in [5.41, 5.74) is 1.57. The van der Waals surface area contributed by atoms with E-state index < -0.39 is 5.41 Å². The molecule has 0 radical (unpaired) electrons. The molecule has 6 heteroatoms. The minimum absolute atomic E-state index is 0.0381. The van der Waals surface area contributed by atoms with Crippen LogP contribution in [0.15, 0.2) is 36.4 Å². The molecule has 29 heavy (non-hydrogen) atoms. The molecule has 1 aromatic heterocycles. The maximum atomic E-state index is 13.4. The smallest absolute Gasteiger partial charge is 0.314 e. The van der Waals surface area contributed by atoms with E-state index in [2.05, 4.69) is 9.97 Å². The van der Waals surface area contributed by atoms with Gasteiger partial charge in [0, 0.05) is 17.8 Å². The van der Waals surface area contributed by atoms with Crippen molar-refractivity contribution in [2.45, 2.75) is 58.5 Å². The number of hydrogen-bond donors (Lipinski definition) is 0. The molecule has 3 atom stereocenters. The van der Waals surface area contributed by atoms with Crippen LogP contribution in [0.1, 0.15) is 53.8 Å². The molecule has 0 saturated carbocycles. The van der Waals surface area contributed by atoms with Crippen LogP contribution in [0.4, 0.5) is 0 Å². The number of fused-ring (bicyclic) bond motifs is 2. The Hall–Kier alpha value is -2.76. The van der Waals surface area contributed by atoms with Crippen LogP contribution in [0.2, 0.25) is 0 Å². The van der Waals surface area contributed by atoms with Crippen molar-refractivity contribution in [3.8, 4) is 0 Å². The molecule has 2 fully saturated rings. The van der Waals surface area contributed by atoms with Crippen LogP contribution in [0, 0.1) is 19.3 Å². The topological polar surface area (TPSA) is 72.4 Å². The Kier molecular flexibility index (Phi) is 5.11. The summed E-state index contributed by atoms with van der Waals surface area (Å²) in [6, 6.07) is 11.6. The van der Waals surface area contributed by atoms with Gasteiger partial charge in [0.25, 0.3) is 5.91 Å². The number of esters is 1. The summed E-state index contributed by atoms with van der Waals surface area (Å²) < 4.78 is 5.52. The van der Waals surface area contributed by atoms with Crippen molar-refractivity contribution in [1.82, 2.24) is 14.9 Å². The van der Waals surface area contributed by atoms with Gasteiger partial charge in [0.1, 0.15) is 11.5 Å². The van der Waals surface area contributed by atoms with Crippen molar-refractivity contribution in [2.24, 2.45) is 5.41 Å². The molecular formula is C23H27N3O3. The lowest BCUT2D eigenvalue weighted by molar-refractivity contribution is -0.157. The zero-order chi connectivity index (χ0) is 20.6. The molecule has 0 N–H and O–H groups in total. The minimum atomic E-state index is -0.701. The van der Waals surface area contributed by atoms with Gasteiger partial charge >= 0.3 is 5.97 Å². The fourth-order valence-electron chi connectivity index (χ4n) is 5.16. The number of ether oxygens (including phenoxy) is 1. The molecule has 0 aliphatic carbocycles. The Balaban J connectivity index is 1.70. The number of carbonyl (C=O) groups excluding carboxylic acids is 2. The highest BCUT2D eigenvalue weighted by Crippen LogP contribution is 2.52. The van der Waals surface area contributed by atoms with Crippen molar-refractivity contribution < 1.29 is 14.3 Å². The number of rotatable bonds is 5. The lowest BCUT2D eigenvalue weighted by Gasteiger charge is -2.35. The number of benzene rings is 1. The van der Waals surface area contributed by atoms with Gasteiger partial charge in [0.2, 0.25) is 0 Å². The van der Waals surface area contributed by atoms with Crippen molar-refractivity contribution in [1.29, 1.82) is 0 Å². The molecule has 2 aliphatic rings. The van der Waals surface area contributed by atoms with E-state index >= 15 is 0 Å². The molecule has 2 aromatic rings. The third-order valence-corrected chi connectivity index (χ3v) is 6.20. The summed E-state index contributed by atoms with van der Waals surface area (Å²) in [4.78, 5) is 37.2. The summed E-state index contributed by atoms with van der Waals surface area (Å²) in [5, 5.41) is 0. The average molecular weight is 393 g/mol. The van der Waals surface area contributed by atoms with E-state index in [4.69, 9.17) is 4.74 Å². The van der Waals surface area contributed by atoms with Gasteiger partial charge in [-0.2, -0.15) is 0 Å². The van der Waals surface area contributed by atoms with Crippen LogP contribution in [0.3, 0.4) is 0 Å². The van der Waals surface area contributed by atoms with Crippen molar-refractivity contribution in [3.63, 3.8) is 0 Å². The second-order valence-electron chi connectivity index (χ2n) is 8.14. The van der Waals surface area contributed by atoms with Gasteiger partial charge in [-0.25, -0.2) is 9.97 Å². The summed E-state index contributed by atoms with van der Waals surface area (Å²) >= 11 is 0. The number of amides is 1. The number of hydrogen-bond acceptors (Lipinski definition) is 5. The van der Waals surface area contributed by atoms with E-state index in [1.54, 1.807) is 13.0 Å². The molecular weight excluding hydrogens is 366 g/mol. The maximum Gasteiger partial charge on any atom is 0.314 e. The molecule has 1 aromatic carbocycles. The van der Waals surface area contributed by atoms with E-state index in [1.807, 2.05) is 49.1 Å². The molecule has 2 aliphatic heterocycles.